The zero-order valence-electron chi connectivity index (χ0n) is 10.5. The molecule has 2 unspecified atom stereocenters. The molecule has 98 valence electrons. The minimum Gasteiger partial charge on any atom is -0.378 e. The second kappa shape index (κ2) is 5.36. The van der Waals surface area contributed by atoms with Gasteiger partial charge in [0.15, 0.2) is 0 Å². The van der Waals surface area contributed by atoms with Crippen molar-refractivity contribution < 1.29 is 9.53 Å². The Morgan fingerprint density at radius 2 is 1.94 bits per heavy atom. The van der Waals surface area contributed by atoms with Gasteiger partial charge in [0.1, 0.15) is 0 Å². The smallest absolute Gasteiger partial charge is 0.237 e. The molecule has 0 aromatic rings. The predicted molar refractivity (Wildman–Crippen MR) is 66.3 cm³/mol. The topological polar surface area (TPSA) is 78.3 Å². The van der Waals surface area contributed by atoms with Crippen LogP contribution in [0.3, 0.4) is 0 Å². The van der Waals surface area contributed by atoms with E-state index in [0.29, 0.717) is 6.10 Å². The molecule has 4 nitrogen and oxygen atoms in total. The van der Waals surface area contributed by atoms with E-state index in [-0.39, 0.29) is 11.8 Å². The van der Waals surface area contributed by atoms with Crippen LogP contribution in [0.2, 0.25) is 0 Å². The fraction of sp³-hybridized carbons (Fsp3) is 0.923. The van der Waals surface area contributed by atoms with Gasteiger partial charge in [0.05, 0.1) is 11.6 Å². The summed E-state index contributed by atoms with van der Waals surface area (Å²) in [4.78, 5) is 11.4. The lowest BCUT2D eigenvalue weighted by Gasteiger charge is -2.28. The van der Waals surface area contributed by atoms with Crippen LogP contribution < -0.4 is 11.5 Å². The summed E-state index contributed by atoms with van der Waals surface area (Å²) in [5.41, 5.74) is 10.7. The van der Waals surface area contributed by atoms with E-state index in [1.165, 1.54) is 25.7 Å². The number of nitrogens with two attached hydrogens (primary N) is 2. The molecule has 0 heterocycles. The first kappa shape index (κ1) is 12.8. The average molecular weight is 240 g/mol. The van der Waals surface area contributed by atoms with E-state index in [4.69, 9.17) is 16.2 Å². The van der Waals surface area contributed by atoms with E-state index in [9.17, 15) is 4.79 Å². The number of carbonyl (C=O) groups is 1. The Hall–Kier alpha value is -0.610. The van der Waals surface area contributed by atoms with E-state index in [1.54, 1.807) is 0 Å². The molecule has 0 aromatic heterocycles. The van der Waals surface area contributed by atoms with Crippen LogP contribution in [0.1, 0.15) is 51.4 Å². The molecule has 2 aliphatic carbocycles. The van der Waals surface area contributed by atoms with Crippen molar-refractivity contribution in [2.45, 2.75) is 63.0 Å². The Balaban J connectivity index is 1.76. The quantitative estimate of drug-likeness (QED) is 0.760. The Morgan fingerprint density at radius 1 is 1.24 bits per heavy atom. The zero-order valence-corrected chi connectivity index (χ0v) is 10.5. The van der Waals surface area contributed by atoms with Gasteiger partial charge in [0, 0.05) is 6.61 Å². The lowest BCUT2D eigenvalue weighted by Crippen LogP contribution is -2.54. The second-order valence-corrected chi connectivity index (χ2v) is 5.56. The van der Waals surface area contributed by atoms with Crippen LogP contribution in [0.5, 0.6) is 0 Å². The van der Waals surface area contributed by atoms with E-state index in [0.717, 1.165) is 32.3 Å². The molecule has 4 heteroatoms. The molecular formula is C13H24N2O2. The lowest BCUT2D eigenvalue weighted by molar-refractivity contribution is -0.124. The summed E-state index contributed by atoms with van der Waals surface area (Å²) < 4.78 is 5.83. The molecule has 0 bridgehead atoms. The summed E-state index contributed by atoms with van der Waals surface area (Å²) in [7, 11) is 0. The van der Waals surface area contributed by atoms with Gasteiger partial charge in [-0.25, -0.2) is 0 Å². The van der Waals surface area contributed by atoms with E-state index < -0.39 is 5.54 Å². The summed E-state index contributed by atoms with van der Waals surface area (Å²) in [5, 5.41) is 0. The highest BCUT2D eigenvalue weighted by Crippen LogP contribution is 2.36. The average Bonchev–Trinajstić information content (AvgIpc) is 2.90. The molecule has 2 saturated carbocycles. The first-order chi connectivity index (χ1) is 8.13. The number of carbonyl (C=O) groups excluding carboxylic acids is 1. The van der Waals surface area contributed by atoms with Crippen molar-refractivity contribution in [1.82, 2.24) is 0 Å². The van der Waals surface area contributed by atoms with Gasteiger partial charge in [0.25, 0.3) is 0 Å². The largest absolute Gasteiger partial charge is 0.378 e. The molecule has 0 aromatic carbocycles. The van der Waals surface area contributed by atoms with Crippen molar-refractivity contribution in [3.63, 3.8) is 0 Å². The number of rotatable bonds is 5. The molecule has 0 spiro atoms. The highest BCUT2D eigenvalue weighted by atomic mass is 16.5. The van der Waals surface area contributed by atoms with Gasteiger partial charge in [-0.2, -0.15) is 0 Å². The highest BCUT2D eigenvalue weighted by Gasteiger charge is 2.43. The predicted octanol–water partition coefficient (Wildman–Crippen LogP) is 1.32. The third-order valence-corrected chi connectivity index (χ3v) is 4.45. The molecular weight excluding hydrogens is 216 g/mol. The molecule has 2 fully saturated rings. The molecule has 0 aliphatic heterocycles. The number of ether oxygens (including phenoxy) is 1. The van der Waals surface area contributed by atoms with Crippen molar-refractivity contribution in [3.8, 4) is 0 Å². The van der Waals surface area contributed by atoms with Gasteiger partial charge >= 0.3 is 0 Å². The summed E-state index contributed by atoms with van der Waals surface area (Å²) in [6.07, 6.45) is 9.01. The fourth-order valence-electron chi connectivity index (χ4n) is 3.26. The SMILES string of the molecule is NC(=O)C1(N)CCCC1CCOC1CCCC1. The van der Waals surface area contributed by atoms with E-state index in [2.05, 4.69) is 0 Å². The maximum Gasteiger partial charge on any atom is 0.237 e. The minimum atomic E-state index is -0.779. The molecule has 17 heavy (non-hydrogen) atoms. The van der Waals surface area contributed by atoms with Crippen LogP contribution in [0.25, 0.3) is 0 Å². The normalized spacial score (nSPS) is 34.3. The Morgan fingerprint density at radius 3 is 2.59 bits per heavy atom. The van der Waals surface area contributed by atoms with Gasteiger partial charge in [0.2, 0.25) is 5.91 Å². The minimum absolute atomic E-state index is 0.210. The first-order valence-electron chi connectivity index (χ1n) is 6.83. The summed E-state index contributed by atoms with van der Waals surface area (Å²) in [5.74, 6) is -0.137. The highest BCUT2D eigenvalue weighted by molar-refractivity contribution is 5.85. The van der Waals surface area contributed by atoms with Crippen molar-refractivity contribution in [2.75, 3.05) is 6.61 Å². The van der Waals surface area contributed by atoms with Crippen molar-refractivity contribution >= 4 is 5.91 Å². The van der Waals surface area contributed by atoms with Crippen LogP contribution in [0.15, 0.2) is 0 Å². The van der Waals surface area contributed by atoms with Gasteiger partial charge in [-0.05, 0) is 38.0 Å². The molecule has 0 saturated heterocycles. The molecule has 4 N–H and O–H groups in total. The van der Waals surface area contributed by atoms with Crippen molar-refractivity contribution in [3.05, 3.63) is 0 Å². The van der Waals surface area contributed by atoms with E-state index >= 15 is 0 Å². The standard InChI is InChI=1S/C13H24N2O2/c14-12(16)13(15)8-3-4-10(13)7-9-17-11-5-1-2-6-11/h10-11H,1-9,15H2,(H2,14,16). The fourth-order valence-corrected chi connectivity index (χ4v) is 3.26. The van der Waals surface area contributed by atoms with Crippen LogP contribution in [-0.2, 0) is 9.53 Å². The molecule has 2 atom stereocenters. The van der Waals surface area contributed by atoms with Crippen molar-refractivity contribution in [1.29, 1.82) is 0 Å². The van der Waals surface area contributed by atoms with Crippen LogP contribution in [0.4, 0.5) is 0 Å². The van der Waals surface area contributed by atoms with Gasteiger partial charge in [-0.1, -0.05) is 19.3 Å². The van der Waals surface area contributed by atoms with Gasteiger partial charge in [-0.3, -0.25) is 4.79 Å². The summed E-state index contributed by atoms with van der Waals surface area (Å²) in [6, 6.07) is 0. The Bertz CT molecular complexity index is 277. The zero-order chi connectivity index (χ0) is 12.3. The van der Waals surface area contributed by atoms with Gasteiger partial charge in [-0.15, -0.1) is 0 Å². The monoisotopic (exact) mass is 240 g/mol. The maximum atomic E-state index is 11.4. The van der Waals surface area contributed by atoms with Crippen LogP contribution in [-0.4, -0.2) is 24.2 Å². The first-order valence-corrected chi connectivity index (χ1v) is 6.83. The second-order valence-electron chi connectivity index (χ2n) is 5.56. The lowest BCUT2D eigenvalue weighted by atomic mass is 9.85. The van der Waals surface area contributed by atoms with Gasteiger partial charge < -0.3 is 16.2 Å². The summed E-state index contributed by atoms with van der Waals surface area (Å²) in [6.45, 7) is 0.724. The molecule has 2 rings (SSSR count). The third-order valence-electron chi connectivity index (χ3n) is 4.45. The maximum absolute atomic E-state index is 11.4. The van der Waals surface area contributed by atoms with E-state index in [1.807, 2.05) is 0 Å². The third kappa shape index (κ3) is 2.80. The van der Waals surface area contributed by atoms with Crippen LogP contribution >= 0.6 is 0 Å². The summed E-state index contributed by atoms with van der Waals surface area (Å²) >= 11 is 0. The number of primary amides is 1. The Labute approximate surface area is 103 Å². The number of hydrogen-bond donors (Lipinski definition) is 2. The van der Waals surface area contributed by atoms with Crippen molar-refractivity contribution in [2.24, 2.45) is 17.4 Å². The number of amides is 1. The van der Waals surface area contributed by atoms with Crippen LogP contribution in [0, 0.1) is 5.92 Å². The Kier molecular flexibility index (Phi) is 4.05. The molecule has 2 aliphatic rings. The molecule has 0 radical (unpaired) electrons. The number of hydrogen-bond acceptors (Lipinski definition) is 3. The molecule has 1 amide bonds.